The number of carbonyl (C=O) groups is 2. The molecule has 1 aliphatic heterocycles. The normalized spacial score (nSPS) is 19.9. The molecule has 3 unspecified atom stereocenters. The smallest absolute Gasteiger partial charge is 0.410 e. The summed E-state index contributed by atoms with van der Waals surface area (Å²) in [5.74, 6) is -0.203. The second-order valence-corrected chi connectivity index (χ2v) is 11.2. The third-order valence-corrected chi connectivity index (χ3v) is 7.21. The van der Waals surface area contributed by atoms with Gasteiger partial charge in [-0.2, -0.15) is 0 Å². The van der Waals surface area contributed by atoms with Crippen LogP contribution in [0.2, 0.25) is 0 Å². The minimum Gasteiger partial charge on any atom is -0.444 e. The summed E-state index contributed by atoms with van der Waals surface area (Å²) in [5, 5.41) is 3.08. The predicted octanol–water partition coefficient (Wildman–Crippen LogP) is 5.05. The molecule has 206 valence electrons. The highest BCUT2D eigenvalue weighted by molar-refractivity contribution is 5.94. The molecule has 0 saturated carbocycles. The van der Waals surface area contributed by atoms with E-state index in [2.05, 4.69) is 34.5 Å². The summed E-state index contributed by atoms with van der Waals surface area (Å²) in [5.41, 5.74) is 9.13. The topological polar surface area (TPSA) is 87.9 Å². The Morgan fingerprint density at radius 2 is 1.46 bits per heavy atom. The Labute approximate surface area is 231 Å². The maximum Gasteiger partial charge on any atom is 0.410 e. The highest BCUT2D eigenvalue weighted by Gasteiger charge is 2.42. The molecule has 39 heavy (non-hydrogen) atoms. The number of benzene rings is 3. The third kappa shape index (κ3) is 7.25. The lowest BCUT2D eigenvalue weighted by Gasteiger charge is -2.48. The monoisotopic (exact) mass is 528 g/mol. The van der Waals surface area contributed by atoms with Crippen LogP contribution in [0.15, 0.2) is 91.0 Å². The largest absolute Gasteiger partial charge is 0.444 e. The van der Waals surface area contributed by atoms with E-state index in [9.17, 15) is 9.59 Å². The number of carbonyl (C=O) groups excluding carboxylic acids is 2. The van der Waals surface area contributed by atoms with Crippen molar-refractivity contribution < 1.29 is 14.3 Å². The number of hydrogen-bond donors (Lipinski definition) is 2. The van der Waals surface area contributed by atoms with Crippen molar-refractivity contribution >= 4 is 12.0 Å². The zero-order valence-corrected chi connectivity index (χ0v) is 23.3. The average Bonchev–Trinajstić information content (AvgIpc) is 2.93. The van der Waals surface area contributed by atoms with Gasteiger partial charge < -0.3 is 20.7 Å². The molecule has 3 atom stereocenters. The number of likely N-dealkylation sites (N-methyl/N-ethyl adjacent to an activating group) is 1. The number of hydrogen-bond acceptors (Lipinski definition) is 5. The highest BCUT2D eigenvalue weighted by Crippen LogP contribution is 2.35. The van der Waals surface area contributed by atoms with Gasteiger partial charge in [0, 0.05) is 31.6 Å². The minimum absolute atomic E-state index is 0.0615. The molecule has 4 rings (SSSR count). The Morgan fingerprint density at radius 3 is 1.97 bits per heavy atom. The summed E-state index contributed by atoms with van der Waals surface area (Å²) < 4.78 is 5.74. The minimum atomic E-state index is -0.621. The van der Waals surface area contributed by atoms with Crippen molar-refractivity contribution in [3.63, 3.8) is 0 Å². The van der Waals surface area contributed by atoms with E-state index in [4.69, 9.17) is 10.5 Å². The molecule has 0 aliphatic carbocycles. The molecule has 2 amide bonds. The van der Waals surface area contributed by atoms with Crippen molar-refractivity contribution in [1.29, 1.82) is 0 Å². The van der Waals surface area contributed by atoms with Gasteiger partial charge in [-0.1, -0.05) is 78.9 Å². The fourth-order valence-corrected chi connectivity index (χ4v) is 5.29. The van der Waals surface area contributed by atoms with Crippen molar-refractivity contribution in [3.05, 3.63) is 108 Å². The Bertz CT molecular complexity index is 1170. The number of amides is 2. The van der Waals surface area contributed by atoms with Crippen molar-refractivity contribution in [3.8, 4) is 0 Å². The van der Waals surface area contributed by atoms with Crippen LogP contribution in [0.5, 0.6) is 0 Å². The van der Waals surface area contributed by atoms with Crippen molar-refractivity contribution in [2.75, 3.05) is 20.1 Å². The van der Waals surface area contributed by atoms with E-state index in [0.717, 1.165) is 11.1 Å². The molecule has 3 aromatic rings. The summed E-state index contributed by atoms with van der Waals surface area (Å²) in [6, 6.07) is 29.4. The maximum atomic E-state index is 13.2. The van der Waals surface area contributed by atoms with Crippen LogP contribution < -0.4 is 11.1 Å². The lowest BCUT2D eigenvalue weighted by Crippen LogP contribution is -2.61. The van der Waals surface area contributed by atoms with Gasteiger partial charge in [-0.25, -0.2) is 4.79 Å². The summed E-state index contributed by atoms with van der Waals surface area (Å²) in [7, 11) is 1.78. The van der Waals surface area contributed by atoms with Gasteiger partial charge in [-0.05, 0) is 50.5 Å². The summed E-state index contributed by atoms with van der Waals surface area (Å²) in [4.78, 5) is 30.0. The quantitative estimate of drug-likeness (QED) is 0.448. The van der Waals surface area contributed by atoms with Crippen molar-refractivity contribution in [2.45, 2.75) is 51.0 Å². The summed E-state index contributed by atoms with van der Waals surface area (Å²) >= 11 is 0. The second kappa shape index (κ2) is 12.5. The number of rotatable bonds is 7. The molecule has 0 radical (unpaired) electrons. The van der Waals surface area contributed by atoms with E-state index < -0.39 is 11.7 Å². The number of likely N-dealkylation sites (tertiary alicyclic amines) is 1. The SMILES string of the molecule is CN(C(=O)OC(C)(C)C)C1CN(C(c2ccccc2)c2ccccc2)C(N)CC1CNC(=O)c1ccccc1. The second-order valence-electron chi connectivity index (χ2n) is 11.2. The average molecular weight is 529 g/mol. The number of nitrogens with zero attached hydrogens (tertiary/aromatic N) is 2. The van der Waals surface area contributed by atoms with E-state index in [1.54, 1.807) is 24.1 Å². The molecular formula is C32H40N4O3. The number of ether oxygens (including phenoxy) is 1. The van der Waals surface area contributed by atoms with Gasteiger partial charge in [0.25, 0.3) is 5.91 Å². The molecule has 1 saturated heterocycles. The molecular weight excluding hydrogens is 488 g/mol. The first kappa shape index (κ1) is 28.3. The molecule has 0 bridgehead atoms. The summed E-state index contributed by atoms with van der Waals surface area (Å²) in [6.07, 6.45) is -0.0705. The van der Waals surface area contributed by atoms with Crippen molar-refractivity contribution in [2.24, 2.45) is 11.7 Å². The standard InChI is InChI=1S/C32H40N4O3/c1-32(2,3)39-31(38)35(4)27-22-36(29(23-14-8-5-9-15-23)24-16-10-6-11-17-24)28(33)20-26(27)21-34-30(37)25-18-12-7-13-19-25/h5-19,26-29H,20-22,33H2,1-4H3,(H,34,37). The zero-order valence-electron chi connectivity index (χ0n) is 23.3. The highest BCUT2D eigenvalue weighted by atomic mass is 16.6. The van der Waals surface area contributed by atoms with E-state index in [-0.39, 0.29) is 30.1 Å². The van der Waals surface area contributed by atoms with Crippen LogP contribution in [0.3, 0.4) is 0 Å². The van der Waals surface area contributed by atoms with Gasteiger partial charge in [-0.3, -0.25) is 9.69 Å². The van der Waals surface area contributed by atoms with Crippen LogP contribution in [0, 0.1) is 5.92 Å². The molecule has 0 spiro atoms. The van der Waals surface area contributed by atoms with Gasteiger partial charge in [0.2, 0.25) is 0 Å². The molecule has 7 nitrogen and oxygen atoms in total. The first-order valence-corrected chi connectivity index (χ1v) is 13.5. The van der Waals surface area contributed by atoms with Gasteiger partial charge >= 0.3 is 6.09 Å². The maximum absolute atomic E-state index is 13.2. The first-order chi connectivity index (χ1) is 18.6. The van der Waals surface area contributed by atoms with Crippen LogP contribution >= 0.6 is 0 Å². The van der Waals surface area contributed by atoms with E-state index in [1.807, 2.05) is 75.4 Å². The van der Waals surface area contributed by atoms with E-state index in [0.29, 0.717) is 25.1 Å². The van der Waals surface area contributed by atoms with Crippen LogP contribution in [-0.4, -0.2) is 59.7 Å². The van der Waals surface area contributed by atoms with Gasteiger partial charge in [0.15, 0.2) is 0 Å². The number of nitrogens with one attached hydrogen (secondary N) is 1. The fraction of sp³-hybridized carbons (Fsp3) is 0.375. The van der Waals surface area contributed by atoms with Crippen LogP contribution in [0.1, 0.15) is 54.7 Å². The van der Waals surface area contributed by atoms with Crippen LogP contribution in [0.25, 0.3) is 0 Å². The lowest BCUT2D eigenvalue weighted by molar-refractivity contribution is -0.0142. The molecule has 1 aliphatic rings. The number of nitrogens with two attached hydrogens (primary N) is 1. The molecule has 1 heterocycles. The summed E-state index contributed by atoms with van der Waals surface area (Å²) in [6.45, 7) is 6.51. The van der Waals surface area contributed by atoms with E-state index in [1.165, 1.54) is 0 Å². The Kier molecular flexibility index (Phi) is 9.04. The Balaban J connectivity index is 1.63. The molecule has 1 fully saturated rings. The fourth-order valence-electron chi connectivity index (χ4n) is 5.29. The van der Waals surface area contributed by atoms with Crippen molar-refractivity contribution in [1.82, 2.24) is 15.1 Å². The zero-order chi connectivity index (χ0) is 28.0. The lowest BCUT2D eigenvalue weighted by atomic mass is 9.85. The Morgan fingerprint density at radius 1 is 0.949 bits per heavy atom. The van der Waals surface area contributed by atoms with Crippen LogP contribution in [0.4, 0.5) is 4.79 Å². The third-order valence-electron chi connectivity index (χ3n) is 7.21. The van der Waals surface area contributed by atoms with Gasteiger partial charge in [0.05, 0.1) is 18.2 Å². The van der Waals surface area contributed by atoms with E-state index >= 15 is 0 Å². The first-order valence-electron chi connectivity index (χ1n) is 13.5. The Hall–Kier alpha value is -3.68. The molecule has 3 N–H and O–H groups in total. The van der Waals surface area contributed by atoms with Gasteiger partial charge in [0.1, 0.15) is 5.60 Å². The van der Waals surface area contributed by atoms with Crippen LogP contribution in [-0.2, 0) is 4.74 Å². The molecule has 7 heteroatoms. The molecule has 0 aromatic heterocycles. The molecule has 3 aromatic carbocycles. The number of piperidine rings is 1. The van der Waals surface area contributed by atoms with Gasteiger partial charge in [-0.15, -0.1) is 0 Å². The predicted molar refractivity (Wildman–Crippen MR) is 154 cm³/mol.